The molecule has 1 unspecified atom stereocenters. The van der Waals surface area contributed by atoms with Crippen molar-refractivity contribution < 1.29 is 14.4 Å². The van der Waals surface area contributed by atoms with Gasteiger partial charge in [0.05, 0.1) is 0 Å². The van der Waals surface area contributed by atoms with Crippen LogP contribution in [0.1, 0.15) is 48.5 Å². The Balaban J connectivity index is 1.95. The molecule has 1 aliphatic carbocycles. The van der Waals surface area contributed by atoms with Crippen LogP contribution in [0.2, 0.25) is 0 Å². The third-order valence-corrected chi connectivity index (χ3v) is 4.59. The first kappa shape index (κ1) is 19.0. The molecule has 2 N–H and O–H groups in total. The van der Waals surface area contributed by atoms with Crippen molar-refractivity contribution in [1.82, 2.24) is 15.5 Å². The van der Waals surface area contributed by atoms with Crippen molar-refractivity contribution in [3.05, 3.63) is 35.4 Å². The highest BCUT2D eigenvalue weighted by molar-refractivity contribution is 5.93. The lowest BCUT2D eigenvalue weighted by atomic mass is 9.97. The summed E-state index contributed by atoms with van der Waals surface area (Å²) in [5.41, 5.74) is 1.53. The summed E-state index contributed by atoms with van der Waals surface area (Å²) in [6.07, 6.45) is 4.16. The number of hydrogen-bond donors (Lipinski definition) is 2. The molecule has 25 heavy (non-hydrogen) atoms. The van der Waals surface area contributed by atoms with Crippen LogP contribution >= 0.6 is 0 Å². The molecule has 1 aromatic rings. The van der Waals surface area contributed by atoms with Gasteiger partial charge in [-0.3, -0.25) is 14.4 Å². The number of nitrogens with one attached hydrogen (secondary N) is 2. The number of benzene rings is 1. The Morgan fingerprint density at radius 1 is 1.12 bits per heavy atom. The van der Waals surface area contributed by atoms with Gasteiger partial charge in [0.15, 0.2) is 0 Å². The lowest BCUT2D eigenvalue weighted by Crippen LogP contribution is -2.49. The Hall–Kier alpha value is -2.37. The van der Waals surface area contributed by atoms with Crippen molar-refractivity contribution >= 4 is 17.7 Å². The normalized spacial score (nSPS) is 15.5. The molecule has 1 atom stereocenters. The second-order valence-electron chi connectivity index (χ2n) is 6.84. The van der Waals surface area contributed by atoms with E-state index in [0.29, 0.717) is 12.1 Å². The van der Waals surface area contributed by atoms with Crippen LogP contribution in [0.4, 0.5) is 0 Å². The van der Waals surface area contributed by atoms with Gasteiger partial charge in [0, 0.05) is 33.1 Å². The van der Waals surface area contributed by atoms with Crippen LogP contribution in [-0.2, 0) is 16.1 Å². The monoisotopic (exact) mass is 345 g/mol. The third-order valence-electron chi connectivity index (χ3n) is 4.59. The van der Waals surface area contributed by atoms with Crippen molar-refractivity contribution in [1.29, 1.82) is 0 Å². The highest BCUT2D eigenvalue weighted by atomic mass is 16.2. The number of carbonyl (C=O) groups excluding carboxylic acids is 3. The molecule has 0 radical (unpaired) electrons. The zero-order valence-electron chi connectivity index (χ0n) is 15.2. The minimum Gasteiger partial charge on any atom is -0.350 e. The summed E-state index contributed by atoms with van der Waals surface area (Å²) in [6, 6.07) is 6.72. The molecule has 6 nitrogen and oxygen atoms in total. The summed E-state index contributed by atoms with van der Waals surface area (Å²) in [4.78, 5) is 37.3. The Morgan fingerprint density at radius 3 is 2.24 bits per heavy atom. The first-order chi connectivity index (χ1) is 11.9. The fourth-order valence-electron chi connectivity index (χ4n) is 3.23. The van der Waals surface area contributed by atoms with E-state index in [2.05, 4.69) is 10.6 Å². The highest BCUT2D eigenvalue weighted by Gasteiger charge is 2.31. The fourth-order valence-corrected chi connectivity index (χ4v) is 3.23. The van der Waals surface area contributed by atoms with Gasteiger partial charge in [-0.15, -0.1) is 0 Å². The van der Waals surface area contributed by atoms with Gasteiger partial charge < -0.3 is 15.5 Å². The fraction of sp³-hybridized carbons (Fsp3) is 0.526. The lowest BCUT2D eigenvalue weighted by molar-refractivity contribution is -0.129. The molecule has 2 rings (SSSR count). The molecule has 0 saturated heterocycles. The zero-order valence-corrected chi connectivity index (χ0v) is 15.2. The SMILES string of the molecule is CC(=O)NC(C(=O)NCc1ccc(C(=O)N(C)C)cc1)C1CCCC1. The molecule has 0 heterocycles. The van der Waals surface area contributed by atoms with Gasteiger partial charge in [-0.05, 0) is 36.5 Å². The van der Waals surface area contributed by atoms with Crippen molar-refractivity contribution in [3.63, 3.8) is 0 Å². The van der Waals surface area contributed by atoms with Crippen molar-refractivity contribution in [2.75, 3.05) is 14.1 Å². The van der Waals surface area contributed by atoms with Crippen LogP contribution < -0.4 is 10.6 Å². The standard InChI is InChI=1S/C19H27N3O3/c1-13(23)21-17(15-6-4-5-7-15)18(24)20-12-14-8-10-16(11-9-14)19(25)22(2)3/h8-11,15,17H,4-7,12H2,1-3H3,(H,20,24)(H,21,23). The second-order valence-corrected chi connectivity index (χ2v) is 6.84. The van der Waals surface area contributed by atoms with Crippen molar-refractivity contribution in [2.45, 2.75) is 45.2 Å². The van der Waals surface area contributed by atoms with Gasteiger partial charge in [-0.2, -0.15) is 0 Å². The number of amides is 3. The maximum atomic E-state index is 12.5. The summed E-state index contributed by atoms with van der Waals surface area (Å²) in [7, 11) is 3.42. The van der Waals surface area contributed by atoms with Crippen molar-refractivity contribution in [2.24, 2.45) is 5.92 Å². The zero-order chi connectivity index (χ0) is 18.4. The first-order valence-corrected chi connectivity index (χ1v) is 8.74. The van der Waals surface area contributed by atoms with Gasteiger partial charge in [-0.25, -0.2) is 0 Å². The molecule has 136 valence electrons. The molecule has 1 saturated carbocycles. The lowest BCUT2D eigenvalue weighted by Gasteiger charge is -2.23. The molecule has 0 spiro atoms. The van der Waals surface area contributed by atoms with Crippen LogP contribution in [0.3, 0.4) is 0 Å². The Labute approximate surface area is 149 Å². The average molecular weight is 345 g/mol. The maximum Gasteiger partial charge on any atom is 0.253 e. The van der Waals surface area contributed by atoms with E-state index in [1.54, 1.807) is 26.2 Å². The molecule has 0 bridgehead atoms. The van der Waals surface area contributed by atoms with Gasteiger partial charge in [0.1, 0.15) is 6.04 Å². The minimum absolute atomic E-state index is 0.0532. The minimum atomic E-state index is -0.463. The Bertz CT molecular complexity index is 619. The summed E-state index contributed by atoms with van der Waals surface area (Å²) in [6.45, 7) is 1.81. The Kier molecular flexibility index (Phi) is 6.56. The third kappa shape index (κ3) is 5.31. The van der Waals surface area contributed by atoms with E-state index in [-0.39, 0.29) is 23.6 Å². The van der Waals surface area contributed by atoms with Crippen LogP contribution in [0.5, 0.6) is 0 Å². The second kappa shape index (κ2) is 8.65. The number of nitrogens with zero attached hydrogens (tertiary/aromatic N) is 1. The molecule has 1 aromatic carbocycles. The number of rotatable bonds is 6. The summed E-state index contributed by atoms with van der Waals surface area (Å²) >= 11 is 0. The van der Waals surface area contributed by atoms with Crippen LogP contribution in [-0.4, -0.2) is 42.8 Å². The van der Waals surface area contributed by atoms with E-state index in [1.165, 1.54) is 11.8 Å². The molecule has 1 aliphatic rings. The van der Waals surface area contributed by atoms with Crippen LogP contribution in [0.25, 0.3) is 0 Å². The smallest absolute Gasteiger partial charge is 0.253 e. The van der Waals surface area contributed by atoms with Gasteiger partial charge in [-0.1, -0.05) is 25.0 Å². The number of hydrogen-bond acceptors (Lipinski definition) is 3. The quantitative estimate of drug-likeness (QED) is 0.824. The van der Waals surface area contributed by atoms with E-state index in [9.17, 15) is 14.4 Å². The molecular weight excluding hydrogens is 318 g/mol. The predicted molar refractivity (Wildman–Crippen MR) is 95.9 cm³/mol. The summed E-state index contributed by atoms with van der Waals surface area (Å²) in [5, 5.41) is 5.70. The molecule has 0 aromatic heterocycles. The van der Waals surface area contributed by atoms with E-state index < -0.39 is 6.04 Å². The largest absolute Gasteiger partial charge is 0.350 e. The van der Waals surface area contributed by atoms with Gasteiger partial charge >= 0.3 is 0 Å². The topological polar surface area (TPSA) is 78.5 Å². The van der Waals surface area contributed by atoms with Crippen LogP contribution in [0, 0.1) is 5.92 Å². The number of carbonyl (C=O) groups is 3. The first-order valence-electron chi connectivity index (χ1n) is 8.74. The van der Waals surface area contributed by atoms with Crippen LogP contribution in [0.15, 0.2) is 24.3 Å². The van der Waals surface area contributed by atoms with Gasteiger partial charge in [0.2, 0.25) is 11.8 Å². The molecule has 6 heteroatoms. The molecular formula is C19H27N3O3. The van der Waals surface area contributed by atoms with E-state index in [0.717, 1.165) is 31.2 Å². The van der Waals surface area contributed by atoms with Crippen molar-refractivity contribution in [3.8, 4) is 0 Å². The molecule has 0 aliphatic heterocycles. The predicted octanol–water partition coefficient (Wildman–Crippen LogP) is 1.70. The highest BCUT2D eigenvalue weighted by Crippen LogP contribution is 2.28. The van der Waals surface area contributed by atoms with Gasteiger partial charge in [0.25, 0.3) is 5.91 Å². The summed E-state index contributed by atoms with van der Waals surface area (Å²) < 4.78 is 0. The van der Waals surface area contributed by atoms with E-state index >= 15 is 0 Å². The average Bonchev–Trinajstić information content (AvgIpc) is 3.11. The van der Waals surface area contributed by atoms with E-state index in [1.807, 2.05) is 12.1 Å². The maximum absolute atomic E-state index is 12.5. The van der Waals surface area contributed by atoms with E-state index in [4.69, 9.17) is 0 Å². The molecule has 3 amide bonds. The summed E-state index contributed by atoms with van der Waals surface area (Å²) in [5.74, 6) is -0.166. The Morgan fingerprint density at radius 2 is 1.72 bits per heavy atom. The molecule has 1 fully saturated rings.